The van der Waals surface area contributed by atoms with Crippen LogP contribution in [0, 0.1) is 0 Å². The Balaban J connectivity index is 1.90. The number of nitrogens with zero attached hydrogens (tertiary/aromatic N) is 2. The van der Waals surface area contributed by atoms with Gasteiger partial charge in [0.25, 0.3) is 0 Å². The number of rotatable bonds is 7. The van der Waals surface area contributed by atoms with E-state index in [1.165, 1.54) is 11.8 Å². The Morgan fingerprint density at radius 3 is 2.65 bits per heavy atom. The number of piperazine rings is 1. The van der Waals surface area contributed by atoms with E-state index in [4.69, 9.17) is 4.74 Å². The van der Waals surface area contributed by atoms with Gasteiger partial charge >= 0.3 is 0 Å². The van der Waals surface area contributed by atoms with E-state index in [1.807, 2.05) is 25.1 Å². The minimum atomic E-state index is -2.89. The van der Waals surface area contributed by atoms with E-state index in [1.54, 1.807) is 0 Å². The van der Waals surface area contributed by atoms with E-state index in [9.17, 15) is 8.42 Å². The van der Waals surface area contributed by atoms with Crippen LogP contribution in [0.4, 0.5) is 0 Å². The maximum absolute atomic E-state index is 11.3. The molecule has 1 unspecified atom stereocenters. The summed E-state index contributed by atoms with van der Waals surface area (Å²) in [7, 11) is -2.89. The molecule has 0 N–H and O–H groups in total. The number of benzene rings is 1. The van der Waals surface area contributed by atoms with Gasteiger partial charge in [-0.25, -0.2) is 8.42 Å². The lowest BCUT2D eigenvalue weighted by atomic mass is 10.1. The highest BCUT2D eigenvalue weighted by Crippen LogP contribution is 2.21. The highest BCUT2D eigenvalue weighted by molar-refractivity contribution is 7.90. The average molecular weight is 340 g/mol. The van der Waals surface area contributed by atoms with Crippen LogP contribution < -0.4 is 4.74 Å². The van der Waals surface area contributed by atoms with Gasteiger partial charge < -0.3 is 4.74 Å². The minimum absolute atomic E-state index is 0.241. The summed E-state index contributed by atoms with van der Waals surface area (Å²) in [5, 5.41) is 0. The molecule has 23 heavy (non-hydrogen) atoms. The van der Waals surface area contributed by atoms with Crippen LogP contribution in [0.1, 0.15) is 19.4 Å². The van der Waals surface area contributed by atoms with E-state index < -0.39 is 9.84 Å². The summed E-state index contributed by atoms with van der Waals surface area (Å²) >= 11 is 0. The second-order valence-electron chi connectivity index (χ2n) is 6.29. The van der Waals surface area contributed by atoms with E-state index in [-0.39, 0.29) is 5.75 Å². The van der Waals surface area contributed by atoms with Crippen LogP contribution in [0.3, 0.4) is 0 Å². The van der Waals surface area contributed by atoms with Crippen LogP contribution in [0.5, 0.6) is 5.75 Å². The number of para-hydroxylation sites is 1. The first-order valence-electron chi connectivity index (χ1n) is 8.24. The van der Waals surface area contributed by atoms with Crippen molar-refractivity contribution in [1.29, 1.82) is 0 Å². The molecule has 0 radical (unpaired) electrons. The van der Waals surface area contributed by atoms with Crippen molar-refractivity contribution in [3.63, 3.8) is 0 Å². The molecule has 0 aliphatic carbocycles. The fourth-order valence-corrected chi connectivity index (χ4v) is 3.57. The molecular weight excluding hydrogens is 312 g/mol. The van der Waals surface area contributed by atoms with Gasteiger partial charge in [-0.1, -0.05) is 18.2 Å². The van der Waals surface area contributed by atoms with Crippen LogP contribution in [0.15, 0.2) is 24.3 Å². The van der Waals surface area contributed by atoms with Gasteiger partial charge in [0.05, 0.1) is 12.4 Å². The van der Waals surface area contributed by atoms with Crippen molar-refractivity contribution < 1.29 is 13.2 Å². The van der Waals surface area contributed by atoms with E-state index >= 15 is 0 Å². The molecule has 1 aliphatic heterocycles. The lowest BCUT2D eigenvalue weighted by molar-refractivity contribution is 0.0833. The maximum atomic E-state index is 11.3. The number of sulfone groups is 1. The molecule has 5 nitrogen and oxygen atoms in total. The third-order valence-electron chi connectivity index (χ3n) is 4.26. The molecule has 1 fully saturated rings. The van der Waals surface area contributed by atoms with Crippen molar-refractivity contribution in [3.05, 3.63) is 29.8 Å². The zero-order valence-electron chi connectivity index (χ0n) is 14.4. The first kappa shape index (κ1) is 18.2. The van der Waals surface area contributed by atoms with Crippen LogP contribution >= 0.6 is 0 Å². The first-order chi connectivity index (χ1) is 10.9. The predicted molar refractivity (Wildman–Crippen MR) is 93.6 cm³/mol. The smallest absolute Gasteiger partial charge is 0.148 e. The largest absolute Gasteiger partial charge is 0.494 e. The number of hydrogen-bond acceptors (Lipinski definition) is 5. The zero-order valence-corrected chi connectivity index (χ0v) is 15.2. The molecule has 1 aromatic rings. The van der Waals surface area contributed by atoms with E-state index in [2.05, 4.69) is 22.8 Å². The Morgan fingerprint density at radius 2 is 2.00 bits per heavy atom. The van der Waals surface area contributed by atoms with Crippen molar-refractivity contribution in [3.8, 4) is 5.75 Å². The molecule has 2 rings (SSSR count). The second-order valence-corrected chi connectivity index (χ2v) is 8.55. The topological polar surface area (TPSA) is 49.9 Å². The Morgan fingerprint density at radius 1 is 1.26 bits per heavy atom. The third kappa shape index (κ3) is 5.79. The fourth-order valence-electron chi connectivity index (χ4n) is 3.00. The van der Waals surface area contributed by atoms with Gasteiger partial charge in [0, 0.05) is 50.6 Å². The highest BCUT2D eigenvalue weighted by Gasteiger charge is 2.24. The summed E-state index contributed by atoms with van der Waals surface area (Å²) in [6.07, 6.45) is 1.30. The zero-order chi connectivity index (χ0) is 16.9. The molecule has 1 heterocycles. The SMILES string of the molecule is CCOc1ccccc1CN1CCN(CCS(C)(=O)=O)C(C)C1. The first-order valence-corrected chi connectivity index (χ1v) is 10.3. The number of ether oxygens (including phenoxy) is 1. The minimum Gasteiger partial charge on any atom is -0.494 e. The van der Waals surface area contributed by atoms with Gasteiger partial charge in [-0.15, -0.1) is 0 Å². The van der Waals surface area contributed by atoms with E-state index in [0.29, 0.717) is 19.2 Å². The average Bonchev–Trinajstić information content (AvgIpc) is 2.48. The molecule has 0 spiro atoms. The fraction of sp³-hybridized carbons (Fsp3) is 0.647. The van der Waals surface area contributed by atoms with Crippen LogP contribution in [-0.2, 0) is 16.4 Å². The van der Waals surface area contributed by atoms with Crippen LogP contribution in [-0.4, -0.2) is 69.1 Å². The lowest BCUT2D eigenvalue weighted by Crippen LogP contribution is -2.52. The van der Waals surface area contributed by atoms with Gasteiger partial charge in [0.2, 0.25) is 0 Å². The molecule has 0 saturated carbocycles. The summed E-state index contributed by atoms with van der Waals surface area (Å²) in [5.41, 5.74) is 1.21. The molecule has 0 bridgehead atoms. The highest BCUT2D eigenvalue weighted by atomic mass is 32.2. The standard InChI is InChI=1S/C17H28N2O3S/c1-4-22-17-8-6-5-7-16(17)14-18-9-10-19(15(2)13-18)11-12-23(3,20)21/h5-8,15H,4,9-14H2,1-3H3. The molecule has 1 atom stereocenters. The van der Waals surface area contributed by atoms with Crippen molar-refractivity contribution in [2.24, 2.45) is 0 Å². The Bertz CT molecular complexity index is 604. The van der Waals surface area contributed by atoms with Crippen molar-refractivity contribution in [1.82, 2.24) is 9.80 Å². The van der Waals surface area contributed by atoms with Crippen molar-refractivity contribution in [2.45, 2.75) is 26.4 Å². The summed E-state index contributed by atoms with van der Waals surface area (Å²) in [5.74, 6) is 1.20. The van der Waals surface area contributed by atoms with Crippen LogP contribution in [0.2, 0.25) is 0 Å². The molecule has 1 aliphatic rings. The molecule has 0 aromatic heterocycles. The summed E-state index contributed by atoms with van der Waals surface area (Å²) in [4.78, 5) is 4.69. The predicted octanol–water partition coefficient (Wildman–Crippen LogP) is 1.64. The number of hydrogen-bond donors (Lipinski definition) is 0. The summed E-state index contributed by atoms with van der Waals surface area (Å²) in [6, 6.07) is 8.55. The quantitative estimate of drug-likeness (QED) is 0.755. The second kappa shape index (κ2) is 8.13. The molecule has 1 aromatic carbocycles. The van der Waals surface area contributed by atoms with Gasteiger partial charge in [-0.2, -0.15) is 0 Å². The molecule has 130 valence electrons. The van der Waals surface area contributed by atoms with E-state index in [0.717, 1.165) is 31.9 Å². The summed E-state index contributed by atoms with van der Waals surface area (Å²) in [6.45, 7) is 9.16. The van der Waals surface area contributed by atoms with Gasteiger partial charge in [0.1, 0.15) is 15.6 Å². The van der Waals surface area contributed by atoms with Gasteiger partial charge in [-0.3, -0.25) is 9.80 Å². The van der Waals surface area contributed by atoms with Gasteiger partial charge in [-0.05, 0) is 19.9 Å². The normalized spacial score (nSPS) is 20.6. The Hall–Kier alpha value is -1.11. The molecule has 0 amide bonds. The molecule has 6 heteroatoms. The van der Waals surface area contributed by atoms with Crippen molar-refractivity contribution in [2.75, 3.05) is 44.8 Å². The van der Waals surface area contributed by atoms with Crippen molar-refractivity contribution >= 4 is 9.84 Å². The molecule has 1 saturated heterocycles. The maximum Gasteiger partial charge on any atom is 0.148 e. The Kier molecular flexibility index (Phi) is 6.44. The summed E-state index contributed by atoms with van der Waals surface area (Å²) < 4.78 is 28.4. The third-order valence-corrected chi connectivity index (χ3v) is 5.19. The molecular formula is C17H28N2O3S. The van der Waals surface area contributed by atoms with Gasteiger partial charge in [0.15, 0.2) is 0 Å². The van der Waals surface area contributed by atoms with Crippen LogP contribution in [0.25, 0.3) is 0 Å². The monoisotopic (exact) mass is 340 g/mol. The Labute approximate surface area is 140 Å². The lowest BCUT2D eigenvalue weighted by Gasteiger charge is -2.40.